The van der Waals surface area contributed by atoms with Gasteiger partial charge in [0.05, 0.1) is 11.5 Å². The molecule has 0 aromatic heterocycles. The van der Waals surface area contributed by atoms with Gasteiger partial charge in [0.25, 0.3) is 5.69 Å². The first kappa shape index (κ1) is 17.9. The highest BCUT2D eigenvalue weighted by Gasteiger charge is 2.21. The van der Waals surface area contributed by atoms with E-state index in [-0.39, 0.29) is 12.2 Å². The summed E-state index contributed by atoms with van der Waals surface area (Å²) in [6.45, 7) is 5.86. The molecule has 22 heavy (non-hydrogen) atoms. The van der Waals surface area contributed by atoms with Crippen molar-refractivity contribution in [1.29, 1.82) is 0 Å². The van der Waals surface area contributed by atoms with Crippen LogP contribution in [-0.2, 0) is 22.6 Å². The van der Waals surface area contributed by atoms with Crippen LogP contribution in [0, 0.1) is 10.1 Å². The molecule has 0 heterocycles. The first-order valence-electron chi connectivity index (χ1n) is 6.83. The Balaban J connectivity index is 2.96. The van der Waals surface area contributed by atoms with Crippen LogP contribution >= 0.6 is 0 Å². The average molecular weight is 310 g/mol. The Morgan fingerprint density at radius 3 is 2.45 bits per heavy atom. The van der Waals surface area contributed by atoms with Gasteiger partial charge in [-0.3, -0.25) is 10.1 Å². The average Bonchev–Trinajstić information content (AvgIpc) is 2.38. The minimum absolute atomic E-state index is 0.0209. The predicted octanol–water partition coefficient (Wildman–Crippen LogP) is 3.11. The van der Waals surface area contributed by atoms with Crippen LogP contribution in [0.25, 0.3) is 0 Å². The van der Waals surface area contributed by atoms with Crippen molar-refractivity contribution in [2.45, 2.75) is 39.5 Å². The van der Waals surface area contributed by atoms with Gasteiger partial charge < -0.3 is 14.4 Å². The van der Waals surface area contributed by atoms with Crippen molar-refractivity contribution >= 4 is 11.8 Å². The molecule has 0 N–H and O–H groups in total. The van der Waals surface area contributed by atoms with Crippen LogP contribution in [0.3, 0.4) is 0 Å². The molecule has 0 aliphatic heterocycles. The second-order valence-electron chi connectivity index (χ2n) is 5.98. The van der Waals surface area contributed by atoms with E-state index in [2.05, 4.69) is 0 Å². The van der Waals surface area contributed by atoms with Crippen LogP contribution in [0.4, 0.5) is 10.5 Å². The molecule has 7 heteroatoms. The fraction of sp³-hybridized carbons (Fsp3) is 0.533. The first-order chi connectivity index (χ1) is 10.1. The van der Waals surface area contributed by atoms with Crippen molar-refractivity contribution in [2.75, 3.05) is 14.2 Å². The Hall–Kier alpha value is -2.15. The third-order valence-corrected chi connectivity index (χ3v) is 2.81. The van der Waals surface area contributed by atoms with Gasteiger partial charge in [-0.1, -0.05) is 0 Å². The molecule has 0 aliphatic rings. The summed E-state index contributed by atoms with van der Waals surface area (Å²) >= 11 is 0. The van der Waals surface area contributed by atoms with Gasteiger partial charge >= 0.3 is 6.09 Å². The third kappa shape index (κ3) is 5.33. The number of nitro groups is 1. The van der Waals surface area contributed by atoms with E-state index in [9.17, 15) is 14.9 Å². The number of nitro benzene ring substituents is 1. The van der Waals surface area contributed by atoms with Crippen LogP contribution < -0.4 is 0 Å². The molecular formula is C15H22N2O5. The van der Waals surface area contributed by atoms with Gasteiger partial charge in [0, 0.05) is 32.8 Å². The number of benzene rings is 1. The van der Waals surface area contributed by atoms with E-state index in [1.54, 1.807) is 41.0 Å². The molecule has 0 atom stereocenters. The Kier molecular flexibility index (Phi) is 5.87. The normalized spacial score (nSPS) is 11.1. The molecule has 1 aromatic carbocycles. The molecular weight excluding hydrogens is 288 g/mol. The van der Waals surface area contributed by atoms with Crippen LogP contribution in [-0.4, -0.2) is 35.7 Å². The zero-order valence-corrected chi connectivity index (χ0v) is 13.6. The molecule has 0 saturated carbocycles. The number of carbonyl (C=O) groups is 1. The summed E-state index contributed by atoms with van der Waals surface area (Å²) in [6, 6.07) is 4.51. The number of hydrogen-bond acceptors (Lipinski definition) is 5. The summed E-state index contributed by atoms with van der Waals surface area (Å²) in [7, 11) is 3.13. The van der Waals surface area contributed by atoms with Gasteiger partial charge in [-0.05, 0) is 38.0 Å². The topological polar surface area (TPSA) is 81.9 Å². The van der Waals surface area contributed by atoms with Crippen molar-refractivity contribution in [1.82, 2.24) is 4.90 Å². The Morgan fingerprint density at radius 1 is 1.32 bits per heavy atom. The predicted molar refractivity (Wildman–Crippen MR) is 81.5 cm³/mol. The summed E-state index contributed by atoms with van der Waals surface area (Å²) in [4.78, 5) is 23.8. The lowest BCUT2D eigenvalue weighted by atomic mass is 10.1. The molecule has 1 aromatic rings. The smallest absolute Gasteiger partial charge is 0.410 e. The van der Waals surface area contributed by atoms with Crippen molar-refractivity contribution in [3.05, 3.63) is 39.4 Å². The summed E-state index contributed by atoms with van der Waals surface area (Å²) in [5.74, 6) is 0. The van der Waals surface area contributed by atoms with Gasteiger partial charge in [0.2, 0.25) is 0 Å². The molecule has 0 spiro atoms. The lowest BCUT2D eigenvalue weighted by molar-refractivity contribution is -0.384. The Morgan fingerprint density at radius 2 is 1.95 bits per heavy atom. The van der Waals surface area contributed by atoms with Crippen LogP contribution in [0.15, 0.2) is 18.2 Å². The van der Waals surface area contributed by atoms with E-state index in [0.717, 1.165) is 5.56 Å². The van der Waals surface area contributed by atoms with Crippen LogP contribution in [0.2, 0.25) is 0 Å². The van der Waals surface area contributed by atoms with Crippen LogP contribution in [0.5, 0.6) is 0 Å². The number of amides is 1. The number of non-ortho nitro benzene ring substituents is 1. The van der Waals surface area contributed by atoms with E-state index < -0.39 is 16.6 Å². The summed E-state index contributed by atoms with van der Waals surface area (Å²) in [6.07, 6.45) is -0.484. The van der Waals surface area contributed by atoms with E-state index in [1.807, 2.05) is 0 Å². The maximum atomic E-state index is 12.0. The van der Waals surface area contributed by atoms with E-state index >= 15 is 0 Å². The van der Waals surface area contributed by atoms with Gasteiger partial charge in [0.1, 0.15) is 5.60 Å². The molecule has 122 valence electrons. The maximum absolute atomic E-state index is 12.0. The summed E-state index contributed by atoms with van der Waals surface area (Å²) in [5.41, 5.74) is 0.837. The SMILES string of the molecule is COCc1ccc([N+](=O)[O-])cc1CN(C)C(=O)OC(C)(C)C. The second-order valence-corrected chi connectivity index (χ2v) is 5.98. The Bertz CT molecular complexity index is 551. The van der Waals surface area contributed by atoms with E-state index in [0.29, 0.717) is 12.2 Å². The summed E-state index contributed by atoms with van der Waals surface area (Å²) in [5, 5.41) is 10.9. The monoisotopic (exact) mass is 310 g/mol. The van der Waals surface area contributed by atoms with Crippen LogP contribution in [0.1, 0.15) is 31.9 Å². The first-order valence-corrected chi connectivity index (χ1v) is 6.83. The standard InChI is InChI=1S/C15H22N2O5/c1-15(2,3)22-14(18)16(4)9-12-8-13(17(19)20)7-6-11(12)10-21-5/h6-8H,9-10H2,1-5H3. The minimum Gasteiger partial charge on any atom is -0.444 e. The molecule has 0 unspecified atom stereocenters. The number of methoxy groups -OCH3 is 1. The molecule has 1 rings (SSSR count). The molecule has 7 nitrogen and oxygen atoms in total. The number of nitrogens with zero attached hydrogens (tertiary/aromatic N) is 2. The fourth-order valence-corrected chi connectivity index (χ4v) is 1.83. The quantitative estimate of drug-likeness (QED) is 0.616. The fourth-order valence-electron chi connectivity index (χ4n) is 1.83. The minimum atomic E-state index is -0.594. The highest BCUT2D eigenvalue weighted by molar-refractivity contribution is 5.67. The third-order valence-electron chi connectivity index (χ3n) is 2.81. The highest BCUT2D eigenvalue weighted by atomic mass is 16.6. The zero-order valence-electron chi connectivity index (χ0n) is 13.6. The largest absolute Gasteiger partial charge is 0.444 e. The number of hydrogen-bond donors (Lipinski definition) is 0. The molecule has 0 radical (unpaired) electrons. The maximum Gasteiger partial charge on any atom is 0.410 e. The number of carbonyl (C=O) groups excluding carboxylic acids is 1. The second kappa shape index (κ2) is 7.22. The molecule has 0 saturated heterocycles. The molecule has 0 fully saturated rings. The van der Waals surface area contributed by atoms with Gasteiger partial charge in [-0.2, -0.15) is 0 Å². The lowest BCUT2D eigenvalue weighted by Crippen LogP contribution is -2.34. The van der Waals surface area contributed by atoms with Crippen molar-refractivity contribution in [3.63, 3.8) is 0 Å². The van der Waals surface area contributed by atoms with E-state index in [1.165, 1.54) is 17.0 Å². The number of ether oxygens (including phenoxy) is 2. The Labute approximate surface area is 130 Å². The van der Waals surface area contributed by atoms with E-state index in [4.69, 9.17) is 9.47 Å². The highest BCUT2D eigenvalue weighted by Crippen LogP contribution is 2.21. The van der Waals surface area contributed by atoms with Crippen molar-refractivity contribution in [2.24, 2.45) is 0 Å². The van der Waals surface area contributed by atoms with Gasteiger partial charge in [-0.25, -0.2) is 4.79 Å². The van der Waals surface area contributed by atoms with Gasteiger partial charge in [0.15, 0.2) is 0 Å². The molecule has 1 amide bonds. The van der Waals surface area contributed by atoms with Crippen molar-refractivity contribution in [3.8, 4) is 0 Å². The molecule has 0 bridgehead atoms. The summed E-state index contributed by atoms with van der Waals surface area (Å²) < 4.78 is 10.4. The number of rotatable bonds is 5. The van der Waals surface area contributed by atoms with Crippen molar-refractivity contribution < 1.29 is 19.2 Å². The molecule has 0 aliphatic carbocycles. The lowest BCUT2D eigenvalue weighted by Gasteiger charge is -2.25. The zero-order chi connectivity index (χ0) is 16.9. The van der Waals surface area contributed by atoms with Gasteiger partial charge in [-0.15, -0.1) is 0 Å².